The zero-order valence-electron chi connectivity index (χ0n) is 8.21. The molecule has 1 nitrogen and oxygen atoms in total. The van der Waals surface area contributed by atoms with E-state index in [-0.39, 0.29) is 12.8 Å². The molecule has 0 aromatic rings. The normalized spacial score (nSPS) is 22.8. The van der Waals surface area contributed by atoms with Gasteiger partial charge in [-0.1, -0.05) is 19.3 Å². The molecular formula is C9H14F5N. The number of rotatable bonds is 2. The number of halogens is 5. The van der Waals surface area contributed by atoms with Gasteiger partial charge in [-0.25, -0.2) is 0 Å². The fourth-order valence-corrected chi connectivity index (χ4v) is 1.98. The van der Waals surface area contributed by atoms with E-state index in [4.69, 9.17) is 5.73 Å². The van der Waals surface area contributed by atoms with Gasteiger partial charge in [-0.15, -0.1) is 0 Å². The highest BCUT2D eigenvalue weighted by Crippen LogP contribution is 2.43. The molecule has 0 heterocycles. The molecule has 90 valence electrons. The van der Waals surface area contributed by atoms with E-state index in [0.29, 0.717) is 12.8 Å². The van der Waals surface area contributed by atoms with E-state index in [0.717, 1.165) is 6.42 Å². The minimum Gasteiger partial charge on any atom is -0.325 e. The Morgan fingerprint density at radius 1 is 0.933 bits per heavy atom. The second-order valence-corrected chi connectivity index (χ2v) is 4.30. The van der Waals surface area contributed by atoms with Crippen LogP contribution >= 0.6 is 0 Å². The summed E-state index contributed by atoms with van der Waals surface area (Å²) in [7, 11) is 0. The van der Waals surface area contributed by atoms with Crippen molar-refractivity contribution < 1.29 is 22.0 Å². The molecule has 1 aliphatic carbocycles. The summed E-state index contributed by atoms with van der Waals surface area (Å²) in [6.45, 7) is 0. The van der Waals surface area contributed by atoms with Crippen molar-refractivity contribution in [1.82, 2.24) is 0 Å². The first-order valence-electron chi connectivity index (χ1n) is 4.90. The van der Waals surface area contributed by atoms with Crippen molar-refractivity contribution in [3.05, 3.63) is 0 Å². The number of hydrogen-bond donors (Lipinski definition) is 1. The van der Waals surface area contributed by atoms with E-state index in [1.807, 2.05) is 0 Å². The maximum Gasteiger partial charge on any atom is 0.453 e. The summed E-state index contributed by atoms with van der Waals surface area (Å²) in [5.74, 6) is -4.67. The van der Waals surface area contributed by atoms with Gasteiger partial charge in [0.25, 0.3) is 0 Å². The molecule has 1 aliphatic rings. The van der Waals surface area contributed by atoms with Gasteiger partial charge < -0.3 is 5.73 Å². The first kappa shape index (κ1) is 12.7. The van der Waals surface area contributed by atoms with Crippen LogP contribution in [0.15, 0.2) is 0 Å². The van der Waals surface area contributed by atoms with Crippen LogP contribution < -0.4 is 5.73 Å². The molecule has 0 unspecified atom stereocenters. The van der Waals surface area contributed by atoms with Crippen molar-refractivity contribution in [2.75, 3.05) is 0 Å². The first-order chi connectivity index (χ1) is 6.66. The lowest BCUT2D eigenvalue weighted by molar-refractivity contribution is -0.289. The fourth-order valence-electron chi connectivity index (χ4n) is 1.98. The zero-order chi connectivity index (χ0) is 11.7. The summed E-state index contributed by atoms with van der Waals surface area (Å²) in [6.07, 6.45) is -4.16. The van der Waals surface area contributed by atoms with Crippen LogP contribution in [0.1, 0.15) is 38.5 Å². The molecule has 1 rings (SSSR count). The Labute approximate surface area is 84.8 Å². The van der Waals surface area contributed by atoms with Crippen LogP contribution in [0.4, 0.5) is 22.0 Å². The lowest BCUT2D eigenvalue weighted by atomic mass is 9.78. The Bertz CT molecular complexity index is 217. The van der Waals surface area contributed by atoms with Gasteiger partial charge in [0.1, 0.15) is 0 Å². The van der Waals surface area contributed by atoms with Crippen molar-refractivity contribution >= 4 is 0 Å². The van der Waals surface area contributed by atoms with Crippen LogP contribution in [0, 0.1) is 0 Å². The predicted octanol–water partition coefficient (Wildman–Crippen LogP) is 3.24. The second kappa shape index (κ2) is 3.88. The highest BCUT2D eigenvalue weighted by atomic mass is 19.4. The second-order valence-electron chi connectivity index (χ2n) is 4.30. The van der Waals surface area contributed by atoms with E-state index >= 15 is 0 Å². The topological polar surface area (TPSA) is 26.0 Å². The minimum absolute atomic E-state index is 0.249. The van der Waals surface area contributed by atoms with E-state index in [1.54, 1.807) is 0 Å². The van der Waals surface area contributed by atoms with Gasteiger partial charge >= 0.3 is 12.1 Å². The van der Waals surface area contributed by atoms with Gasteiger partial charge in [0.05, 0.1) is 0 Å². The maximum absolute atomic E-state index is 12.8. The molecule has 0 saturated heterocycles. The zero-order valence-corrected chi connectivity index (χ0v) is 8.21. The van der Waals surface area contributed by atoms with Crippen molar-refractivity contribution in [3.8, 4) is 0 Å². The molecule has 0 amide bonds. The van der Waals surface area contributed by atoms with Crippen LogP contribution in [0.3, 0.4) is 0 Å². The third kappa shape index (κ3) is 3.03. The summed E-state index contributed by atoms with van der Waals surface area (Å²) in [5.41, 5.74) is 4.21. The van der Waals surface area contributed by atoms with Crippen LogP contribution in [0.5, 0.6) is 0 Å². The molecule has 0 bridgehead atoms. The standard InChI is InChI=1S/C9H14F5N/c10-8(11,9(12,13)14)6-7(15)4-2-1-3-5-7/h1-6,15H2. The Morgan fingerprint density at radius 2 is 1.40 bits per heavy atom. The Hall–Kier alpha value is -0.390. The quantitative estimate of drug-likeness (QED) is 0.725. The molecule has 15 heavy (non-hydrogen) atoms. The third-order valence-corrected chi connectivity index (χ3v) is 2.84. The lowest BCUT2D eigenvalue weighted by Crippen LogP contribution is -2.51. The monoisotopic (exact) mass is 231 g/mol. The van der Waals surface area contributed by atoms with Crippen molar-refractivity contribution in [2.45, 2.75) is 56.2 Å². The SMILES string of the molecule is NC1(CC(F)(F)C(F)(F)F)CCCCC1. The Balaban J connectivity index is 2.67. The fraction of sp³-hybridized carbons (Fsp3) is 1.00. The van der Waals surface area contributed by atoms with Gasteiger partial charge in [-0.05, 0) is 12.8 Å². The van der Waals surface area contributed by atoms with Gasteiger partial charge in [0.15, 0.2) is 0 Å². The summed E-state index contributed by atoms with van der Waals surface area (Å²) in [4.78, 5) is 0. The number of nitrogens with two attached hydrogens (primary N) is 1. The Kier molecular flexibility index (Phi) is 3.28. The summed E-state index contributed by atoms with van der Waals surface area (Å²) in [5, 5.41) is 0. The highest BCUT2D eigenvalue weighted by Gasteiger charge is 2.59. The minimum atomic E-state index is -5.49. The maximum atomic E-state index is 12.8. The Morgan fingerprint density at radius 3 is 1.80 bits per heavy atom. The number of alkyl halides is 5. The van der Waals surface area contributed by atoms with Gasteiger partial charge in [0, 0.05) is 12.0 Å². The smallest absolute Gasteiger partial charge is 0.325 e. The van der Waals surface area contributed by atoms with Crippen molar-refractivity contribution in [3.63, 3.8) is 0 Å². The van der Waals surface area contributed by atoms with Crippen LogP contribution in [0.25, 0.3) is 0 Å². The van der Waals surface area contributed by atoms with E-state index < -0.39 is 24.1 Å². The predicted molar refractivity (Wildman–Crippen MR) is 45.6 cm³/mol. The largest absolute Gasteiger partial charge is 0.453 e. The first-order valence-corrected chi connectivity index (χ1v) is 4.90. The summed E-state index contributed by atoms with van der Waals surface area (Å²) >= 11 is 0. The van der Waals surface area contributed by atoms with E-state index in [1.165, 1.54) is 0 Å². The average molecular weight is 231 g/mol. The van der Waals surface area contributed by atoms with Crippen LogP contribution in [-0.2, 0) is 0 Å². The summed E-state index contributed by atoms with van der Waals surface area (Å²) in [6, 6.07) is 0. The molecule has 2 N–H and O–H groups in total. The molecule has 0 radical (unpaired) electrons. The molecule has 6 heteroatoms. The molecule has 0 aliphatic heterocycles. The molecule has 0 aromatic carbocycles. The van der Waals surface area contributed by atoms with E-state index in [2.05, 4.69) is 0 Å². The molecule has 0 atom stereocenters. The average Bonchev–Trinajstić information content (AvgIpc) is 2.00. The third-order valence-electron chi connectivity index (χ3n) is 2.84. The molecular weight excluding hydrogens is 217 g/mol. The van der Waals surface area contributed by atoms with Crippen molar-refractivity contribution in [2.24, 2.45) is 5.73 Å². The van der Waals surface area contributed by atoms with Gasteiger partial charge in [-0.3, -0.25) is 0 Å². The lowest BCUT2D eigenvalue weighted by Gasteiger charge is -2.36. The van der Waals surface area contributed by atoms with Crippen molar-refractivity contribution in [1.29, 1.82) is 0 Å². The highest BCUT2D eigenvalue weighted by molar-refractivity contribution is 4.94. The number of hydrogen-bond acceptors (Lipinski definition) is 1. The molecule has 0 aromatic heterocycles. The van der Waals surface area contributed by atoms with E-state index in [9.17, 15) is 22.0 Å². The summed E-state index contributed by atoms with van der Waals surface area (Å²) < 4.78 is 61.4. The molecule has 1 fully saturated rings. The molecule has 0 spiro atoms. The van der Waals surface area contributed by atoms with Gasteiger partial charge in [0.2, 0.25) is 0 Å². The van der Waals surface area contributed by atoms with Gasteiger partial charge in [-0.2, -0.15) is 22.0 Å². The van der Waals surface area contributed by atoms with Crippen LogP contribution in [-0.4, -0.2) is 17.6 Å². The van der Waals surface area contributed by atoms with Crippen LogP contribution in [0.2, 0.25) is 0 Å². The molecule has 1 saturated carbocycles.